The predicted molar refractivity (Wildman–Crippen MR) is 83.3 cm³/mol. The number of halogens is 1. The van der Waals surface area contributed by atoms with E-state index in [1.54, 1.807) is 6.07 Å². The SMILES string of the molecule is Nc1ccc(Cl)cc1COc1ccc2c(c1)CCCC2. The molecule has 0 saturated carbocycles. The van der Waals surface area contributed by atoms with Crippen LogP contribution in [0.5, 0.6) is 5.75 Å². The van der Waals surface area contributed by atoms with Gasteiger partial charge in [-0.05, 0) is 67.1 Å². The van der Waals surface area contributed by atoms with Crippen LogP contribution >= 0.6 is 11.6 Å². The van der Waals surface area contributed by atoms with Gasteiger partial charge in [-0.3, -0.25) is 0 Å². The molecule has 0 heterocycles. The number of benzene rings is 2. The molecular formula is C17H18ClNO. The highest BCUT2D eigenvalue weighted by molar-refractivity contribution is 6.30. The lowest BCUT2D eigenvalue weighted by Gasteiger charge is -2.17. The average molecular weight is 288 g/mol. The van der Waals surface area contributed by atoms with Gasteiger partial charge in [0, 0.05) is 16.3 Å². The standard InChI is InChI=1S/C17H18ClNO/c18-15-6-8-17(19)14(9-15)11-20-16-7-5-12-3-1-2-4-13(12)10-16/h5-10H,1-4,11,19H2. The Kier molecular flexibility index (Phi) is 3.83. The van der Waals surface area contributed by atoms with Crippen LogP contribution in [0.2, 0.25) is 5.02 Å². The molecule has 0 aliphatic heterocycles. The molecule has 2 aromatic rings. The van der Waals surface area contributed by atoms with E-state index in [0.717, 1.165) is 17.7 Å². The van der Waals surface area contributed by atoms with Crippen LogP contribution in [-0.4, -0.2) is 0 Å². The van der Waals surface area contributed by atoms with Gasteiger partial charge >= 0.3 is 0 Å². The van der Waals surface area contributed by atoms with Gasteiger partial charge in [0.2, 0.25) is 0 Å². The van der Waals surface area contributed by atoms with E-state index < -0.39 is 0 Å². The summed E-state index contributed by atoms with van der Waals surface area (Å²) in [5.74, 6) is 0.907. The highest BCUT2D eigenvalue weighted by atomic mass is 35.5. The molecule has 0 saturated heterocycles. The van der Waals surface area contributed by atoms with Crippen LogP contribution in [0.4, 0.5) is 5.69 Å². The van der Waals surface area contributed by atoms with Crippen molar-refractivity contribution in [3.8, 4) is 5.75 Å². The Morgan fingerprint density at radius 1 is 1.00 bits per heavy atom. The van der Waals surface area contributed by atoms with Crippen LogP contribution in [0.25, 0.3) is 0 Å². The first kappa shape index (κ1) is 13.3. The number of nitrogen functional groups attached to an aromatic ring is 1. The van der Waals surface area contributed by atoms with Crippen LogP contribution in [0.15, 0.2) is 36.4 Å². The first-order valence-corrected chi connectivity index (χ1v) is 7.39. The normalized spacial score (nSPS) is 13.8. The van der Waals surface area contributed by atoms with Crippen molar-refractivity contribution < 1.29 is 4.74 Å². The van der Waals surface area contributed by atoms with Gasteiger partial charge in [-0.15, -0.1) is 0 Å². The van der Waals surface area contributed by atoms with Gasteiger partial charge in [0.05, 0.1) is 0 Å². The van der Waals surface area contributed by atoms with Crippen molar-refractivity contribution in [1.29, 1.82) is 0 Å². The van der Waals surface area contributed by atoms with Gasteiger partial charge in [-0.1, -0.05) is 17.7 Å². The molecule has 0 amide bonds. The lowest BCUT2D eigenvalue weighted by atomic mass is 9.92. The number of fused-ring (bicyclic) bond motifs is 1. The third-order valence-electron chi connectivity index (χ3n) is 3.82. The Balaban J connectivity index is 1.73. The summed E-state index contributed by atoms with van der Waals surface area (Å²) in [5, 5.41) is 0.684. The summed E-state index contributed by atoms with van der Waals surface area (Å²) < 4.78 is 5.86. The Morgan fingerprint density at radius 3 is 2.65 bits per heavy atom. The number of aryl methyl sites for hydroxylation is 2. The third kappa shape index (κ3) is 2.91. The number of rotatable bonds is 3. The summed E-state index contributed by atoms with van der Waals surface area (Å²) in [6.07, 6.45) is 4.92. The van der Waals surface area contributed by atoms with E-state index in [-0.39, 0.29) is 0 Å². The topological polar surface area (TPSA) is 35.2 Å². The van der Waals surface area contributed by atoms with Crippen molar-refractivity contribution in [1.82, 2.24) is 0 Å². The van der Waals surface area contributed by atoms with Crippen LogP contribution < -0.4 is 10.5 Å². The second kappa shape index (κ2) is 5.76. The maximum absolute atomic E-state index is 5.98. The molecule has 3 rings (SSSR count). The zero-order chi connectivity index (χ0) is 13.9. The minimum absolute atomic E-state index is 0.450. The smallest absolute Gasteiger partial charge is 0.120 e. The van der Waals surface area contributed by atoms with Crippen LogP contribution in [0, 0.1) is 0 Å². The fraction of sp³-hybridized carbons (Fsp3) is 0.294. The van der Waals surface area contributed by atoms with E-state index in [2.05, 4.69) is 12.1 Å². The van der Waals surface area contributed by atoms with Crippen LogP contribution in [-0.2, 0) is 19.4 Å². The molecule has 2 aromatic carbocycles. The summed E-state index contributed by atoms with van der Waals surface area (Å²) in [4.78, 5) is 0. The van der Waals surface area contributed by atoms with Gasteiger partial charge in [-0.2, -0.15) is 0 Å². The largest absolute Gasteiger partial charge is 0.489 e. The fourth-order valence-electron chi connectivity index (χ4n) is 2.66. The Morgan fingerprint density at radius 2 is 1.80 bits per heavy atom. The molecule has 2 nitrogen and oxygen atoms in total. The third-order valence-corrected chi connectivity index (χ3v) is 4.05. The summed E-state index contributed by atoms with van der Waals surface area (Å²) in [6.45, 7) is 0.450. The Hall–Kier alpha value is -1.67. The average Bonchev–Trinajstić information content (AvgIpc) is 2.48. The van der Waals surface area contributed by atoms with E-state index in [0.29, 0.717) is 17.3 Å². The minimum atomic E-state index is 0.450. The van der Waals surface area contributed by atoms with E-state index in [4.69, 9.17) is 22.1 Å². The van der Waals surface area contributed by atoms with Crippen molar-refractivity contribution >= 4 is 17.3 Å². The molecule has 0 fully saturated rings. The minimum Gasteiger partial charge on any atom is -0.489 e. The van der Waals surface area contributed by atoms with Crippen LogP contribution in [0.1, 0.15) is 29.5 Å². The Bertz CT molecular complexity index is 624. The first-order valence-electron chi connectivity index (χ1n) is 7.01. The summed E-state index contributed by atoms with van der Waals surface area (Å²) in [7, 11) is 0. The lowest BCUT2D eigenvalue weighted by molar-refractivity contribution is 0.306. The van der Waals surface area contributed by atoms with Crippen molar-refractivity contribution in [2.45, 2.75) is 32.3 Å². The fourth-order valence-corrected chi connectivity index (χ4v) is 2.85. The zero-order valence-electron chi connectivity index (χ0n) is 11.4. The summed E-state index contributed by atoms with van der Waals surface area (Å²) >= 11 is 5.98. The highest BCUT2D eigenvalue weighted by Gasteiger charge is 2.10. The van der Waals surface area contributed by atoms with Gasteiger partial charge < -0.3 is 10.5 Å². The number of anilines is 1. The molecule has 0 atom stereocenters. The monoisotopic (exact) mass is 287 g/mol. The molecule has 0 bridgehead atoms. The van der Waals surface area contributed by atoms with E-state index >= 15 is 0 Å². The lowest BCUT2D eigenvalue weighted by Crippen LogP contribution is -2.04. The molecule has 0 aromatic heterocycles. The second-order valence-corrected chi connectivity index (χ2v) is 5.71. The molecule has 2 N–H and O–H groups in total. The van der Waals surface area contributed by atoms with Crippen molar-refractivity contribution in [2.75, 3.05) is 5.73 Å². The molecule has 1 aliphatic rings. The number of hydrogen-bond acceptors (Lipinski definition) is 2. The van der Waals surface area contributed by atoms with Gasteiger partial charge in [0.25, 0.3) is 0 Å². The summed E-state index contributed by atoms with van der Waals surface area (Å²) in [5.41, 5.74) is 10.5. The zero-order valence-corrected chi connectivity index (χ0v) is 12.1. The van der Waals surface area contributed by atoms with Crippen molar-refractivity contribution in [3.63, 3.8) is 0 Å². The highest BCUT2D eigenvalue weighted by Crippen LogP contribution is 2.26. The molecule has 104 valence electrons. The quantitative estimate of drug-likeness (QED) is 0.850. The number of hydrogen-bond donors (Lipinski definition) is 1. The Labute approximate surface area is 124 Å². The molecule has 3 heteroatoms. The van der Waals surface area contributed by atoms with Gasteiger partial charge in [0.15, 0.2) is 0 Å². The molecule has 0 unspecified atom stereocenters. The predicted octanol–water partition coefficient (Wildman–Crippen LogP) is 4.38. The molecular weight excluding hydrogens is 270 g/mol. The first-order chi connectivity index (χ1) is 9.72. The molecule has 0 spiro atoms. The molecule has 20 heavy (non-hydrogen) atoms. The van der Waals surface area contributed by atoms with E-state index in [1.165, 1.54) is 30.4 Å². The number of nitrogens with two attached hydrogens (primary N) is 1. The number of ether oxygens (including phenoxy) is 1. The maximum Gasteiger partial charge on any atom is 0.120 e. The van der Waals surface area contributed by atoms with Gasteiger partial charge in [0.1, 0.15) is 12.4 Å². The molecule has 1 aliphatic carbocycles. The summed E-state index contributed by atoms with van der Waals surface area (Å²) in [6, 6.07) is 11.9. The van der Waals surface area contributed by atoms with E-state index in [1.807, 2.05) is 18.2 Å². The van der Waals surface area contributed by atoms with Crippen molar-refractivity contribution in [2.24, 2.45) is 0 Å². The second-order valence-electron chi connectivity index (χ2n) is 5.27. The van der Waals surface area contributed by atoms with Crippen molar-refractivity contribution in [3.05, 3.63) is 58.1 Å². The van der Waals surface area contributed by atoms with E-state index in [9.17, 15) is 0 Å². The molecule has 0 radical (unpaired) electrons. The maximum atomic E-state index is 5.98. The van der Waals surface area contributed by atoms with Gasteiger partial charge in [-0.25, -0.2) is 0 Å². The van der Waals surface area contributed by atoms with Crippen LogP contribution in [0.3, 0.4) is 0 Å².